The van der Waals surface area contributed by atoms with E-state index in [-0.39, 0.29) is 5.41 Å². The molecule has 2 aromatic carbocycles. The molecule has 3 aromatic rings. The Morgan fingerprint density at radius 2 is 1.96 bits per heavy atom. The molecule has 1 N–H and O–H groups in total. The standard InChI is InChI=1S/C24H27N3S/c1-24(2,3)16-27-15-19(14-26-28-20-9-10-20)22-11-8-17(12-23(22)27)21-7-5-4-6-18(21)13-25/h4-8,11-12,15,20,26H,9-10,14,16H2,1-3H3. The van der Waals surface area contributed by atoms with Crippen molar-refractivity contribution in [2.75, 3.05) is 0 Å². The first kappa shape index (κ1) is 19.1. The number of fused-ring (bicyclic) bond motifs is 1. The van der Waals surface area contributed by atoms with Crippen LogP contribution in [0.15, 0.2) is 48.7 Å². The van der Waals surface area contributed by atoms with Crippen LogP contribution in [-0.4, -0.2) is 9.82 Å². The molecule has 1 fully saturated rings. The van der Waals surface area contributed by atoms with E-state index >= 15 is 0 Å². The molecule has 0 unspecified atom stereocenters. The summed E-state index contributed by atoms with van der Waals surface area (Å²) in [6.07, 6.45) is 4.98. The SMILES string of the molecule is CC(C)(C)Cn1cc(CNSC2CC2)c2ccc(-c3ccccc3C#N)cc21. The van der Waals surface area contributed by atoms with Crippen molar-refractivity contribution in [2.24, 2.45) is 5.41 Å². The number of hydrogen-bond donors (Lipinski definition) is 1. The van der Waals surface area contributed by atoms with Crippen LogP contribution in [-0.2, 0) is 13.1 Å². The van der Waals surface area contributed by atoms with Crippen LogP contribution in [0.1, 0.15) is 44.7 Å². The number of nitriles is 1. The van der Waals surface area contributed by atoms with Gasteiger partial charge >= 0.3 is 0 Å². The van der Waals surface area contributed by atoms with Gasteiger partial charge in [-0.2, -0.15) is 5.26 Å². The van der Waals surface area contributed by atoms with Gasteiger partial charge in [-0.15, -0.1) is 0 Å². The van der Waals surface area contributed by atoms with Crippen LogP contribution in [0.4, 0.5) is 0 Å². The Bertz CT molecular complexity index is 1030. The Morgan fingerprint density at radius 1 is 1.18 bits per heavy atom. The third-order valence-corrected chi connectivity index (χ3v) is 6.12. The topological polar surface area (TPSA) is 40.8 Å². The normalized spacial score (nSPS) is 14.4. The minimum Gasteiger partial charge on any atom is -0.347 e. The Balaban J connectivity index is 1.74. The summed E-state index contributed by atoms with van der Waals surface area (Å²) in [5.41, 5.74) is 5.60. The second-order valence-corrected chi connectivity index (χ2v) is 10.1. The van der Waals surface area contributed by atoms with Gasteiger partial charge in [0.15, 0.2) is 0 Å². The molecule has 0 aliphatic heterocycles. The van der Waals surface area contributed by atoms with E-state index < -0.39 is 0 Å². The number of nitrogens with zero attached hydrogens (tertiary/aromatic N) is 2. The van der Waals surface area contributed by atoms with E-state index in [0.29, 0.717) is 0 Å². The molecular weight excluding hydrogens is 362 g/mol. The predicted octanol–water partition coefficient (Wildman–Crippen LogP) is 6.13. The number of rotatable bonds is 6. The average Bonchev–Trinajstić information content (AvgIpc) is 3.43. The summed E-state index contributed by atoms with van der Waals surface area (Å²) >= 11 is 1.88. The lowest BCUT2D eigenvalue weighted by Gasteiger charge is -2.20. The molecule has 0 atom stereocenters. The smallest absolute Gasteiger partial charge is 0.0998 e. The van der Waals surface area contributed by atoms with Crippen molar-refractivity contribution in [1.29, 1.82) is 5.26 Å². The molecule has 28 heavy (non-hydrogen) atoms. The van der Waals surface area contributed by atoms with Gasteiger partial charge in [0.1, 0.15) is 0 Å². The van der Waals surface area contributed by atoms with Crippen LogP contribution in [0.3, 0.4) is 0 Å². The molecule has 0 amide bonds. The number of aromatic nitrogens is 1. The maximum absolute atomic E-state index is 9.49. The molecular formula is C24H27N3S. The van der Waals surface area contributed by atoms with E-state index in [2.05, 4.69) is 60.5 Å². The van der Waals surface area contributed by atoms with Gasteiger partial charge in [-0.05, 0) is 47.1 Å². The van der Waals surface area contributed by atoms with Crippen LogP contribution >= 0.6 is 11.9 Å². The van der Waals surface area contributed by atoms with Crippen LogP contribution in [0, 0.1) is 16.7 Å². The van der Waals surface area contributed by atoms with Gasteiger partial charge in [-0.1, -0.05) is 63.1 Å². The summed E-state index contributed by atoms with van der Waals surface area (Å²) in [4.78, 5) is 0. The van der Waals surface area contributed by atoms with Crippen molar-refractivity contribution in [3.63, 3.8) is 0 Å². The zero-order valence-electron chi connectivity index (χ0n) is 16.8. The van der Waals surface area contributed by atoms with Gasteiger partial charge in [0.25, 0.3) is 0 Å². The van der Waals surface area contributed by atoms with Gasteiger partial charge < -0.3 is 4.57 Å². The van der Waals surface area contributed by atoms with Crippen molar-refractivity contribution in [3.05, 3.63) is 59.8 Å². The Labute approximate surface area is 171 Å². The van der Waals surface area contributed by atoms with E-state index in [9.17, 15) is 5.26 Å². The third-order valence-electron chi connectivity index (χ3n) is 5.00. The van der Waals surface area contributed by atoms with Gasteiger partial charge in [0.05, 0.1) is 11.6 Å². The van der Waals surface area contributed by atoms with E-state index in [4.69, 9.17) is 0 Å². The van der Waals surface area contributed by atoms with Gasteiger partial charge in [-0.25, -0.2) is 0 Å². The minimum atomic E-state index is 0.194. The highest BCUT2D eigenvalue weighted by molar-refractivity contribution is 7.98. The third kappa shape index (κ3) is 4.27. The van der Waals surface area contributed by atoms with Gasteiger partial charge in [0.2, 0.25) is 0 Å². The van der Waals surface area contributed by atoms with Crippen molar-refractivity contribution < 1.29 is 0 Å². The second-order valence-electron chi connectivity index (χ2n) is 8.87. The minimum absolute atomic E-state index is 0.194. The summed E-state index contributed by atoms with van der Waals surface area (Å²) in [6, 6.07) is 16.8. The van der Waals surface area contributed by atoms with E-state index in [1.165, 1.54) is 29.3 Å². The molecule has 3 nitrogen and oxygen atoms in total. The summed E-state index contributed by atoms with van der Waals surface area (Å²) in [5.74, 6) is 0. The molecule has 0 bridgehead atoms. The molecule has 0 radical (unpaired) electrons. The zero-order chi connectivity index (χ0) is 19.7. The molecule has 1 heterocycles. The molecule has 4 rings (SSSR count). The quantitative estimate of drug-likeness (QED) is 0.516. The molecule has 1 saturated carbocycles. The second kappa shape index (κ2) is 7.66. The fraction of sp³-hybridized carbons (Fsp3) is 0.375. The average molecular weight is 390 g/mol. The summed E-state index contributed by atoms with van der Waals surface area (Å²) < 4.78 is 5.94. The molecule has 144 valence electrons. The molecule has 1 aliphatic rings. The van der Waals surface area contributed by atoms with E-state index in [1.54, 1.807) is 0 Å². The first-order chi connectivity index (χ1) is 13.4. The van der Waals surface area contributed by atoms with Crippen molar-refractivity contribution >= 4 is 22.9 Å². The lowest BCUT2D eigenvalue weighted by Crippen LogP contribution is -2.14. The Morgan fingerprint density at radius 3 is 2.68 bits per heavy atom. The lowest BCUT2D eigenvalue weighted by atomic mass is 9.96. The number of nitrogens with one attached hydrogen (secondary N) is 1. The molecule has 0 saturated heterocycles. The highest BCUT2D eigenvalue weighted by Gasteiger charge is 2.22. The summed E-state index contributed by atoms with van der Waals surface area (Å²) in [6.45, 7) is 8.66. The van der Waals surface area contributed by atoms with E-state index in [1.807, 2.05) is 36.2 Å². The lowest BCUT2D eigenvalue weighted by molar-refractivity contribution is 0.349. The van der Waals surface area contributed by atoms with Crippen molar-refractivity contribution in [1.82, 2.24) is 9.29 Å². The van der Waals surface area contributed by atoms with Gasteiger partial charge in [-0.3, -0.25) is 4.72 Å². The number of benzene rings is 2. The fourth-order valence-electron chi connectivity index (χ4n) is 3.57. The number of hydrogen-bond acceptors (Lipinski definition) is 3. The van der Waals surface area contributed by atoms with Crippen molar-refractivity contribution in [2.45, 2.75) is 52.0 Å². The first-order valence-corrected chi connectivity index (χ1v) is 10.8. The largest absolute Gasteiger partial charge is 0.347 e. The highest BCUT2D eigenvalue weighted by Crippen LogP contribution is 2.34. The highest BCUT2D eigenvalue weighted by atomic mass is 32.2. The van der Waals surface area contributed by atoms with Crippen LogP contribution in [0.25, 0.3) is 22.0 Å². The first-order valence-electron chi connectivity index (χ1n) is 9.94. The Kier molecular flexibility index (Phi) is 5.23. The summed E-state index contributed by atoms with van der Waals surface area (Å²) in [7, 11) is 0. The molecule has 0 spiro atoms. The van der Waals surface area contributed by atoms with Crippen molar-refractivity contribution in [3.8, 4) is 17.2 Å². The van der Waals surface area contributed by atoms with E-state index in [0.717, 1.165) is 35.0 Å². The van der Waals surface area contributed by atoms with Gasteiger partial charge in [0, 0.05) is 35.4 Å². The predicted molar refractivity (Wildman–Crippen MR) is 119 cm³/mol. The molecule has 1 aliphatic carbocycles. The monoisotopic (exact) mass is 389 g/mol. The fourth-order valence-corrected chi connectivity index (χ4v) is 4.42. The molecule has 4 heteroatoms. The Hall–Kier alpha value is -2.22. The molecule has 1 aromatic heterocycles. The van der Waals surface area contributed by atoms with Crippen LogP contribution in [0.2, 0.25) is 0 Å². The van der Waals surface area contributed by atoms with Crippen LogP contribution in [0.5, 0.6) is 0 Å². The summed E-state index contributed by atoms with van der Waals surface area (Å²) in [5, 5.41) is 11.6. The van der Waals surface area contributed by atoms with Crippen LogP contribution < -0.4 is 4.72 Å². The zero-order valence-corrected chi connectivity index (χ0v) is 17.6. The maximum Gasteiger partial charge on any atom is 0.0998 e. The maximum atomic E-state index is 9.49.